The van der Waals surface area contributed by atoms with Crippen LogP contribution in [-0.2, 0) is 0 Å². The molecule has 0 aliphatic carbocycles. The third-order valence-electron chi connectivity index (χ3n) is 1.72. The van der Waals surface area contributed by atoms with E-state index in [1.807, 2.05) is 30.4 Å². The Hall–Kier alpha value is -1.56. The summed E-state index contributed by atoms with van der Waals surface area (Å²) in [6, 6.07) is 10.2. The molecule has 66 valence electrons. The first-order valence-corrected chi connectivity index (χ1v) is 4.34. The second-order valence-corrected chi connectivity index (χ2v) is 2.90. The van der Waals surface area contributed by atoms with Gasteiger partial charge in [-0.3, -0.25) is 0 Å². The molecule has 0 saturated carbocycles. The molecule has 0 fully saturated rings. The van der Waals surface area contributed by atoms with Gasteiger partial charge in [-0.2, -0.15) is 0 Å². The minimum atomic E-state index is 0.851. The van der Waals surface area contributed by atoms with Gasteiger partial charge in [0.05, 0.1) is 0 Å². The standard InChI is InChI=1S/C13H14/c1-3-7-12(2)10-11-13-8-5-4-6-9-13/h3-6,8-11H,1-2,7H2. The molecule has 0 unspecified atom stereocenters. The number of benzene rings is 1. The van der Waals surface area contributed by atoms with Crippen LogP contribution in [0.25, 0.3) is 6.08 Å². The molecule has 0 heteroatoms. The van der Waals surface area contributed by atoms with Crippen molar-refractivity contribution in [2.45, 2.75) is 6.42 Å². The average Bonchev–Trinajstić information content (AvgIpc) is 2.17. The minimum Gasteiger partial charge on any atom is -0.103 e. The van der Waals surface area contributed by atoms with Gasteiger partial charge in [0.1, 0.15) is 0 Å². The van der Waals surface area contributed by atoms with Crippen LogP contribution >= 0.6 is 0 Å². The third-order valence-corrected chi connectivity index (χ3v) is 1.72. The highest BCUT2D eigenvalue weighted by atomic mass is 13.9. The Kier molecular flexibility index (Phi) is 3.77. The topological polar surface area (TPSA) is 0 Å². The van der Waals surface area contributed by atoms with Crippen molar-refractivity contribution in [3.8, 4) is 0 Å². The predicted octanol–water partition coefficient (Wildman–Crippen LogP) is 3.83. The molecule has 0 aliphatic heterocycles. The van der Waals surface area contributed by atoms with E-state index in [2.05, 4.69) is 31.4 Å². The smallest absolute Gasteiger partial charge is 0.0106 e. The maximum absolute atomic E-state index is 3.90. The zero-order chi connectivity index (χ0) is 9.52. The molecule has 0 saturated heterocycles. The first-order valence-electron chi connectivity index (χ1n) is 4.34. The minimum absolute atomic E-state index is 0.851. The van der Waals surface area contributed by atoms with Crippen LogP contribution in [0.4, 0.5) is 0 Å². The van der Waals surface area contributed by atoms with Crippen LogP contribution in [0.3, 0.4) is 0 Å². The van der Waals surface area contributed by atoms with Crippen molar-refractivity contribution in [1.29, 1.82) is 0 Å². The van der Waals surface area contributed by atoms with Crippen LogP contribution in [0.5, 0.6) is 0 Å². The largest absolute Gasteiger partial charge is 0.103 e. The second-order valence-electron chi connectivity index (χ2n) is 2.90. The molecule has 0 aliphatic rings. The van der Waals surface area contributed by atoms with Crippen molar-refractivity contribution in [2.24, 2.45) is 0 Å². The highest BCUT2D eigenvalue weighted by Gasteiger charge is 1.84. The SMILES string of the molecule is C=CCC(=C)C=Cc1ccccc1. The monoisotopic (exact) mass is 170 g/mol. The third kappa shape index (κ3) is 3.57. The van der Waals surface area contributed by atoms with Crippen LogP contribution in [0.15, 0.2) is 61.2 Å². The van der Waals surface area contributed by atoms with E-state index in [9.17, 15) is 0 Å². The maximum Gasteiger partial charge on any atom is -0.0106 e. The summed E-state index contributed by atoms with van der Waals surface area (Å²) < 4.78 is 0. The van der Waals surface area contributed by atoms with E-state index in [1.165, 1.54) is 5.56 Å². The zero-order valence-electron chi connectivity index (χ0n) is 7.74. The van der Waals surface area contributed by atoms with Crippen molar-refractivity contribution in [1.82, 2.24) is 0 Å². The molecule has 0 bridgehead atoms. The van der Waals surface area contributed by atoms with E-state index in [4.69, 9.17) is 0 Å². The predicted molar refractivity (Wildman–Crippen MR) is 59.4 cm³/mol. The number of rotatable bonds is 4. The fourth-order valence-corrected chi connectivity index (χ4v) is 1.03. The van der Waals surface area contributed by atoms with Crippen LogP contribution in [0.2, 0.25) is 0 Å². The van der Waals surface area contributed by atoms with E-state index in [-0.39, 0.29) is 0 Å². The van der Waals surface area contributed by atoms with Gasteiger partial charge >= 0.3 is 0 Å². The maximum atomic E-state index is 3.90. The summed E-state index contributed by atoms with van der Waals surface area (Å²) >= 11 is 0. The van der Waals surface area contributed by atoms with E-state index in [0.717, 1.165) is 12.0 Å². The highest BCUT2D eigenvalue weighted by Crippen LogP contribution is 2.06. The molecule has 1 aromatic carbocycles. The Morgan fingerprint density at radius 3 is 2.54 bits per heavy atom. The molecule has 0 heterocycles. The van der Waals surface area contributed by atoms with E-state index < -0.39 is 0 Å². The van der Waals surface area contributed by atoms with E-state index in [1.54, 1.807) is 0 Å². The number of hydrogen-bond acceptors (Lipinski definition) is 0. The highest BCUT2D eigenvalue weighted by molar-refractivity contribution is 5.52. The normalized spacial score (nSPS) is 10.2. The molecule has 0 spiro atoms. The van der Waals surface area contributed by atoms with Gasteiger partial charge in [0.25, 0.3) is 0 Å². The molecular formula is C13H14. The van der Waals surface area contributed by atoms with Gasteiger partial charge in [0.2, 0.25) is 0 Å². The summed E-state index contributed by atoms with van der Waals surface area (Å²) in [5.74, 6) is 0. The Labute approximate surface area is 79.9 Å². The van der Waals surface area contributed by atoms with Gasteiger partial charge in [-0.05, 0) is 12.0 Å². The van der Waals surface area contributed by atoms with Gasteiger partial charge in [-0.15, -0.1) is 6.58 Å². The molecule has 13 heavy (non-hydrogen) atoms. The summed E-state index contributed by atoms with van der Waals surface area (Å²) in [7, 11) is 0. The van der Waals surface area contributed by atoms with Gasteiger partial charge in [0.15, 0.2) is 0 Å². The Bertz CT molecular complexity index is 304. The summed E-state index contributed by atoms with van der Waals surface area (Å²) in [4.78, 5) is 0. The molecule has 0 radical (unpaired) electrons. The van der Waals surface area contributed by atoms with Crippen LogP contribution in [-0.4, -0.2) is 0 Å². The average molecular weight is 170 g/mol. The van der Waals surface area contributed by atoms with Crippen LogP contribution in [0.1, 0.15) is 12.0 Å². The summed E-state index contributed by atoms with van der Waals surface area (Å²) in [6.07, 6.45) is 6.80. The van der Waals surface area contributed by atoms with Gasteiger partial charge in [-0.1, -0.05) is 60.7 Å². The molecule has 0 nitrogen and oxygen atoms in total. The van der Waals surface area contributed by atoms with E-state index in [0.29, 0.717) is 0 Å². The summed E-state index contributed by atoms with van der Waals surface area (Å²) in [5.41, 5.74) is 2.28. The first-order chi connectivity index (χ1) is 6.33. The number of allylic oxidation sites excluding steroid dienone is 3. The van der Waals surface area contributed by atoms with Crippen molar-refractivity contribution in [3.63, 3.8) is 0 Å². The quantitative estimate of drug-likeness (QED) is 0.476. The fraction of sp³-hybridized carbons (Fsp3) is 0.0769. The zero-order valence-corrected chi connectivity index (χ0v) is 7.74. The molecule has 1 rings (SSSR count). The molecule has 0 N–H and O–H groups in total. The fourth-order valence-electron chi connectivity index (χ4n) is 1.03. The Morgan fingerprint density at radius 1 is 1.23 bits per heavy atom. The van der Waals surface area contributed by atoms with Crippen molar-refractivity contribution in [2.75, 3.05) is 0 Å². The lowest BCUT2D eigenvalue weighted by Crippen LogP contribution is -1.72. The summed E-state index contributed by atoms with van der Waals surface area (Å²) in [5, 5.41) is 0. The van der Waals surface area contributed by atoms with Gasteiger partial charge < -0.3 is 0 Å². The van der Waals surface area contributed by atoms with E-state index >= 15 is 0 Å². The van der Waals surface area contributed by atoms with Crippen LogP contribution < -0.4 is 0 Å². The molecule has 0 aromatic heterocycles. The van der Waals surface area contributed by atoms with Crippen molar-refractivity contribution in [3.05, 3.63) is 66.8 Å². The van der Waals surface area contributed by atoms with Gasteiger partial charge in [-0.25, -0.2) is 0 Å². The molecule has 1 aromatic rings. The Balaban J connectivity index is 2.58. The lowest BCUT2D eigenvalue weighted by Gasteiger charge is -1.93. The van der Waals surface area contributed by atoms with Crippen LogP contribution in [0, 0.1) is 0 Å². The first kappa shape index (κ1) is 9.53. The Morgan fingerprint density at radius 2 is 1.92 bits per heavy atom. The summed E-state index contributed by atoms with van der Waals surface area (Å²) in [6.45, 7) is 7.56. The van der Waals surface area contributed by atoms with Crippen molar-refractivity contribution < 1.29 is 0 Å². The molecular weight excluding hydrogens is 156 g/mol. The van der Waals surface area contributed by atoms with Crippen molar-refractivity contribution >= 4 is 6.08 Å². The number of hydrogen-bond donors (Lipinski definition) is 0. The lowest BCUT2D eigenvalue weighted by molar-refractivity contribution is 1.31. The lowest BCUT2D eigenvalue weighted by atomic mass is 10.1. The molecule has 0 atom stereocenters. The van der Waals surface area contributed by atoms with Gasteiger partial charge in [0, 0.05) is 0 Å². The second kappa shape index (κ2) is 5.15. The molecule has 0 amide bonds.